The van der Waals surface area contributed by atoms with Crippen molar-refractivity contribution in [3.63, 3.8) is 0 Å². The molecule has 0 spiro atoms. The van der Waals surface area contributed by atoms with Crippen molar-refractivity contribution >= 4 is 5.91 Å². The van der Waals surface area contributed by atoms with Gasteiger partial charge in [0.15, 0.2) is 0 Å². The Morgan fingerprint density at radius 2 is 2.29 bits per heavy atom. The molecule has 0 aliphatic carbocycles. The number of aromatic nitrogens is 3. The fourth-order valence-corrected chi connectivity index (χ4v) is 2.20. The summed E-state index contributed by atoms with van der Waals surface area (Å²) in [7, 11) is 0. The second-order valence-corrected chi connectivity index (χ2v) is 4.83. The molecule has 1 atom stereocenters. The third-order valence-corrected chi connectivity index (χ3v) is 3.32. The zero-order valence-electron chi connectivity index (χ0n) is 11.5. The van der Waals surface area contributed by atoms with Crippen LogP contribution in [0.15, 0.2) is 36.9 Å². The number of amides is 1. The smallest absolute Gasteiger partial charge is 0.251 e. The molecule has 1 aliphatic heterocycles. The molecule has 1 fully saturated rings. The maximum atomic E-state index is 12.2. The molecule has 1 aromatic carbocycles. The Bertz CT molecular complexity index is 593. The number of carbonyl (C=O) groups excluding carboxylic acids is 1. The molecule has 0 saturated carbocycles. The lowest BCUT2D eigenvalue weighted by Gasteiger charge is -2.23. The minimum atomic E-state index is -0.112. The molecule has 0 bridgehead atoms. The minimum absolute atomic E-state index is 0.0312. The van der Waals surface area contributed by atoms with Gasteiger partial charge in [-0.15, -0.1) is 10.2 Å². The third kappa shape index (κ3) is 3.45. The standard InChI is InChI=1S/C14H17N5O2/c20-14(16-8-13-7-15-4-5-21-13)11-2-1-3-12(6-11)19-9-17-18-10-19/h1-3,6,9-10,13,15H,4-5,7-8H2,(H,16,20)/t13-/m0/s1. The summed E-state index contributed by atoms with van der Waals surface area (Å²) in [5, 5.41) is 13.6. The van der Waals surface area contributed by atoms with Crippen molar-refractivity contribution in [2.75, 3.05) is 26.2 Å². The number of nitrogens with one attached hydrogen (secondary N) is 2. The van der Waals surface area contributed by atoms with Crippen molar-refractivity contribution < 1.29 is 9.53 Å². The molecule has 110 valence electrons. The van der Waals surface area contributed by atoms with Gasteiger partial charge in [0.1, 0.15) is 12.7 Å². The summed E-state index contributed by atoms with van der Waals surface area (Å²) in [4.78, 5) is 12.2. The SMILES string of the molecule is O=C(NC[C@@H]1CNCCO1)c1cccc(-n2cnnc2)c1. The van der Waals surface area contributed by atoms with Crippen LogP contribution in [0.2, 0.25) is 0 Å². The Balaban J connectivity index is 1.63. The zero-order chi connectivity index (χ0) is 14.5. The average Bonchev–Trinajstić information content (AvgIpc) is 3.08. The molecule has 21 heavy (non-hydrogen) atoms. The zero-order valence-corrected chi connectivity index (χ0v) is 11.5. The highest BCUT2D eigenvalue weighted by atomic mass is 16.5. The largest absolute Gasteiger partial charge is 0.374 e. The molecule has 7 heteroatoms. The monoisotopic (exact) mass is 287 g/mol. The first-order valence-corrected chi connectivity index (χ1v) is 6.88. The summed E-state index contributed by atoms with van der Waals surface area (Å²) in [6.45, 7) is 2.82. The van der Waals surface area contributed by atoms with E-state index in [1.54, 1.807) is 29.4 Å². The Morgan fingerprint density at radius 1 is 1.43 bits per heavy atom. The van der Waals surface area contributed by atoms with Crippen molar-refractivity contribution in [2.24, 2.45) is 0 Å². The number of rotatable bonds is 4. The van der Waals surface area contributed by atoms with E-state index in [4.69, 9.17) is 4.74 Å². The number of carbonyl (C=O) groups is 1. The maximum absolute atomic E-state index is 12.2. The van der Waals surface area contributed by atoms with Gasteiger partial charge in [-0.25, -0.2) is 0 Å². The summed E-state index contributed by atoms with van der Waals surface area (Å²) < 4.78 is 7.30. The Kier molecular flexibility index (Phi) is 4.23. The molecule has 1 amide bonds. The van der Waals surface area contributed by atoms with E-state index in [2.05, 4.69) is 20.8 Å². The lowest BCUT2D eigenvalue weighted by molar-refractivity contribution is 0.0287. The number of nitrogens with zero attached hydrogens (tertiary/aromatic N) is 3. The van der Waals surface area contributed by atoms with Crippen LogP contribution in [0, 0.1) is 0 Å². The van der Waals surface area contributed by atoms with E-state index in [0.29, 0.717) is 18.7 Å². The number of hydrogen-bond acceptors (Lipinski definition) is 5. The molecule has 2 heterocycles. The molecule has 2 aromatic rings. The van der Waals surface area contributed by atoms with Gasteiger partial charge in [0.05, 0.1) is 12.7 Å². The van der Waals surface area contributed by atoms with E-state index < -0.39 is 0 Å². The summed E-state index contributed by atoms with van der Waals surface area (Å²) in [6, 6.07) is 7.32. The molecular formula is C14H17N5O2. The Morgan fingerprint density at radius 3 is 3.05 bits per heavy atom. The topological polar surface area (TPSA) is 81.1 Å². The molecule has 7 nitrogen and oxygen atoms in total. The van der Waals surface area contributed by atoms with Gasteiger partial charge in [-0.2, -0.15) is 0 Å². The molecule has 1 aliphatic rings. The summed E-state index contributed by atoms with van der Waals surface area (Å²) >= 11 is 0. The second kappa shape index (κ2) is 6.47. The van der Waals surface area contributed by atoms with Crippen LogP contribution in [0.1, 0.15) is 10.4 Å². The van der Waals surface area contributed by atoms with Gasteiger partial charge in [-0.1, -0.05) is 6.07 Å². The predicted octanol–water partition coefficient (Wildman–Crippen LogP) is -0.0145. The van der Waals surface area contributed by atoms with Crippen LogP contribution in [0.25, 0.3) is 5.69 Å². The normalized spacial score (nSPS) is 18.4. The van der Waals surface area contributed by atoms with Crippen molar-refractivity contribution in [3.05, 3.63) is 42.5 Å². The highest BCUT2D eigenvalue weighted by Gasteiger charge is 2.15. The lowest BCUT2D eigenvalue weighted by Crippen LogP contribution is -2.45. The summed E-state index contributed by atoms with van der Waals surface area (Å²) in [5.74, 6) is -0.112. The second-order valence-electron chi connectivity index (χ2n) is 4.83. The van der Waals surface area contributed by atoms with Crippen LogP contribution in [0.5, 0.6) is 0 Å². The number of benzene rings is 1. The highest BCUT2D eigenvalue weighted by Crippen LogP contribution is 2.09. The molecule has 2 N–H and O–H groups in total. The van der Waals surface area contributed by atoms with Gasteiger partial charge in [0, 0.05) is 30.9 Å². The highest BCUT2D eigenvalue weighted by molar-refractivity contribution is 5.94. The third-order valence-electron chi connectivity index (χ3n) is 3.32. The van der Waals surface area contributed by atoms with E-state index in [-0.39, 0.29) is 12.0 Å². The van der Waals surface area contributed by atoms with Crippen molar-refractivity contribution in [1.29, 1.82) is 0 Å². The van der Waals surface area contributed by atoms with E-state index in [1.807, 2.05) is 12.1 Å². The predicted molar refractivity (Wildman–Crippen MR) is 76.3 cm³/mol. The number of hydrogen-bond donors (Lipinski definition) is 2. The molecule has 3 rings (SSSR count). The molecule has 1 aromatic heterocycles. The molecular weight excluding hydrogens is 270 g/mol. The number of ether oxygens (including phenoxy) is 1. The van der Waals surface area contributed by atoms with E-state index in [9.17, 15) is 4.79 Å². The van der Waals surface area contributed by atoms with Crippen molar-refractivity contribution in [1.82, 2.24) is 25.4 Å². The van der Waals surface area contributed by atoms with E-state index in [1.165, 1.54) is 0 Å². The fraction of sp³-hybridized carbons (Fsp3) is 0.357. The van der Waals surface area contributed by atoms with Gasteiger partial charge in [0.25, 0.3) is 5.91 Å². The van der Waals surface area contributed by atoms with Gasteiger partial charge < -0.3 is 15.4 Å². The number of morpholine rings is 1. The van der Waals surface area contributed by atoms with Gasteiger partial charge in [-0.05, 0) is 18.2 Å². The van der Waals surface area contributed by atoms with Gasteiger partial charge in [0.2, 0.25) is 0 Å². The van der Waals surface area contributed by atoms with Crippen LogP contribution in [-0.2, 0) is 4.74 Å². The lowest BCUT2D eigenvalue weighted by atomic mass is 10.2. The van der Waals surface area contributed by atoms with Crippen LogP contribution in [0.3, 0.4) is 0 Å². The average molecular weight is 287 g/mol. The van der Waals surface area contributed by atoms with Crippen LogP contribution < -0.4 is 10.6 Å². The van der Waals surface area contributed by atoms with Crippen molar-refractivity contribution in [2.45, 2.75) is 6.10 Å². The molecule has 1 saturated heterocycles. The van der Waals surface area contributed by atoms with Gasteiger partial charge in [-0.3, -0.25) is 9.36 Å². The fourth-order valence-electron chi connectivity index (χ4n) is 2.20. The maximum Gasteiger partial charge on any atom is 0.251 e. The Labute approximate surface area is 122 Å². The summed E-state index contributed by atoms with van der Waals surface area (Å²) in [5.41, 5.74) is 1.45. The first-order chi connectivity index (χ1) is 10.3. The molecule has 0 unspecified atom stereocenters. The Hall–Kier alpha value is -2.25. The first kappa shape index (κ1) is 13.7. The van der Waals surface area contributed by atoms with Crippen LogP contribution in [0.4, 0.5) is 0 Å². The van der Waals surface area contributed by atoms with Crippen molar-refractivity contribution in [3.8, 4) is 5.69 Å². The van der Waals surface area contributed by atoms with E-state index in [0.717, 1.165) is 18.8 Å². The van der Waals surface area contributed by atoms with Crippen LogP contribution in [-0.4, -0.2) is 53.0 Å². The van der Waals surface area contributed by atoms with E-state index >= 15 is 0 Å². The quantitative estimate of drug-likeness (QED) is 0.826. The minimum Gasteiger partial charge on any atom is -0.374 e. The molecule has 0 radical (unpaired) electrons. The first-order valence-electron chi connectivity index (χ1n) is 6.88. The van der Waals surface area contributed by atoms with Crippen LogP contribution >= 0.6 is 0 Å². The summed E-state index contributed by atoms with van der Waals surface area (Å²) in [6.07, 6.45) is 3.22. The van der Waals surface area contributed by atoms with Gasteiger partial charge >= 0.3 is 0 Å².